The average Bonchev–Trinajstić information content (AvgIpc) is 2.49. The molecule has 0 aliphatic rings. The summed E-state index contributed by atoms with van der Waals surface area (Å²) in [5, 5.41) is 21.5. The number of benzene rings is 2. The van der Waals surface area contributed by atoms with Crippen LogP contribution in [0.15, 0.2) is 54.1 Å². The van der Waals surface area contributed by atoms with E-state index in [9.17, 15) is 9.90 Å². The maximum atomic E-state index is 12.0. The van der Waals surface area contributed by atoms with Crippen molar-refractivity contribution >= 4 is 29.3 Å². The van der Waals surface area contributed by atoms with Crippen molar-refractivity contribution in [3.8, 4) is 11.8 Å². The molecule has 2 aromatic rings. The molecule has 0 heterocycles. The smallest absolute Gasteiger partial charge is 0.266 e. The molecule has 0 fully saturated rings. The number of phenols is 1. The Hall–Kier alpha value is -2.77. The third kappa shape index (κ3) is 4.10. The summed E-state index contributed by atoms with van der Waals surface area (Å²) in [5.74, 6) is -0.385. The van der Waals surface area contributed by atoms with Gasteiger partial charge in [0.1, 0.15) is 17.4 Å². The molecule has 0 radical (unpaired) electrons. The zero-order valence-electron chi connectivity index (χ0n) is 10.9. The largest absolute Gasteiger partial charge is 0.508 e. The minimum absolute atomic E-state index is 0.0318. The van der Waals surface area contributed by atoms with Crippen molar-refractivity contribution in [2.45, 2.75) is 0 Å². The summed E-state index contributed by atoms with van der Waals surface area (Å²) in [6.07, 6.45) is 1.45. The molecule has 104 valence electrons. The van der Waals surface area contributed by atoms with E-state index in [-0.39, 0.29) is 11.3 Å². The van der Waals surface area contributed by atoms with E-state index in [0.29, 0.717) is 16.3 Å². The lowest BCUT2D eigenvalue weighted by Gasteiger charge is -2.04. The van der Waals surface area contributed by atoms with Gasteiger partial charge in [0, 0.05) is 10.7 Å². The summed E-state index contributed by atoms with van der Waals surface area (Å²) in [7, 11) is 0. The van der Waals surface area contributed by atoms with Crippen molar-refractivity contribution in [2.24, 2.45) is 0 Å². The molecule has 0 atom stereocenters. The van der Waals surface area contributed by atoms with E-state index in [2.05, 4.69) is 5.32 Å². The molecule has 0 unspecified atom stereocenters. The van der Waals surface area contributed by atoms with E-state index in [1.165, 1.54) is 18.2 Å². The van der Waals surface area contributed by atoms with Gasteiger partial charge < -0.3 is 10.4 Å². The van der Waals surface area contributed by atoms with Crippen molar-refractivity contribution < 1.29 is 9.90 Å². The molecule has 4 nitrogen and oxygen atoms in total. The van der Waals surface area contributed by atoms with Crippen molar-refractivity contribution in [3.05, 3.63) is 64.7 Å². The predicted molar refractivity (Wildman–Crippen MR) is 81.8 cm³/mol. The SMILES string of the molecule is N#C/C(=C\c1ccc(O)cc1)C(=O)Nc1ccc(Cl)cc1. The summed E-state index contributed by atoms with van der Waals surface area (Å²) in [5.41, 5.74) is 1.17. The number of anilines is 1. The van der Waals surface area contributed by atoms with Gasteiger partial charge in [0.25, 0.3) is 5.91 Å². The zero-order valence-corrected chi connectivity index (χ0v) is 11.6. The molecule has 0 saturated heterocycles. The quantitative estimate of drug-likeness (QED) is 0.672. The number of halogens is 1. The monoisotopic (exact) mass is 298 g/mol. The number of hydrogen-bond acceptors (Lipinski definition) is 3. The van der Waals surface area contributed by atoms with Crippen LogP contribution in [0.2, 0.25) is 5.02 Å². The molecule has 2 aromatic carbocycles. The van der Waals surface area contributed by atoms with E-state index in [0.717, 1.165) is 0 Å². The molecule has 0 saturated carbocycles. The summed E-state index contributed by atoms with van der Waals surface area (Å²) in [6, 6.07) is 14.6. The predicted octanol–water partition coefficient (Wildman–Crippen LogP) is 3.59. The van der Waals surface area contributed by atoms with E-state index in [1.807, 2.05) is 6.07 Å². The van der Waals surface area contributed by atoms with Crippen molar-refractivity contribution in [1.29, 1.82) is 5.26 Å². The number of nitriles is 1. The Morgan fingerprint density at radius 2 is 1.76 bits per heavy atom. The number of carbonyl (C=O) groups excluding carboxylic acids is 1. The van der Waals surface area contributed by atoms with Gasteiger partial charge in [0.15, 0.2) is 0 Å². The molecule has 1 amide bonds. The molecule has 2 N–H and O–H groups in total. The summed E-state index contributed by atoms with van der Waals surface area (Å²) < 4.78 is 0. The minimum atomic E-state index is -0.507. The average molecular weight is 299 g/mol. The van der Waals surface area contributed by atoms with Crippen LogP contribution in [-0.2, 0) is 4.79 Å². The van der Waals surface area contributed by atoms with Crippen LogP contribution >= 0.6 is 11.6 Å². The fourth-order valence-corrected chi connectivity index (χ4v) is 1.74. The standard InChI is InChI=1S/C16H11ClN2O2/c17-13-3-5-14(6-4-13)19-16(21)12(10-18)9-11-1-7-15(20)8-2-11/h1-9,20H,(H,19,21)/b12-9+. The van der Waals surface area contributed by atoms with Gasteiger partial charge >= 0.3 is 0 Å². The molecule has 0 aromatic heterocycles. The third-order valence-corrected chi connectivity index (χ3v) is 2.92. The van der Waals surface area contributed by atoms with Crippen molar-refractivity contribution in [2.75, 3.05) is 5.32 Å². The number of nitrogens with one attached hydrogen (secondary N) is 1. The number of rotatable bonds is 3. The number of phenolic OH excluding ortho intramolecular Hbond substituents is 1. The Balaban J connectivity index is 2.17. The first-order valence-electron chi connectivity index (χ1n) is 6.06. The van der Waals surface area contributed by atoms with Crippen LogP contribution in [0.25, 0.3) is 6.08 Å². The van der Waals surface area contributed by atoms with Crippen LogP contribution in [0.5, 0.6) is 5.75 Å². The molecule has 5 heteroatoms. The molecular weight excluding hydrogens is 288 g/mol. The summed E-state index contributed by atoms with van der Waals surface area (Å²) >= 11 is 5.76. The lowest BCUT2D eigenvalue weighted by atomic mass is 10.1. The Morgan fingerprint density at radius 3 is 2.33 bits per heavy atom. The van der Waals surface area contributed by atoms with Gasteiger partial charge in [0.2, 0.25) is 0 Å². The number of nitrogens with zero attached hydrogens (tertiary/aromatic N) is 1. The van der Waals surface area contributed by atoms with E-state index in [1.54, 1.807) is 36.4 Å². The molecule has 0 spiro atoms. The van der Waals surface area contributed by atoms with Gasteiger partial charge in [-0.15, -0.1) is 0 Å². The Labute approximate surface area is 126 Å². The normalized spacial score (nSPS) is 10.8. The van der Waals surface area contributed by atoms with Gasteiger partial charge in [-0.1, -0.05) is 23.7 Å². The number of amides is 1. The van der Waals surface area contributed by atoms with E-state index in [4.69, 9.17) is 16.9 Å². The number of aromatic hydroxyl groups is 1. The fourth-order valence-electron chi connectivity index (χ4n) is 1.62. The minimum Gasteiger partial charge on any atom is -0.508 e. The second kappa shape index (κ2) is 6.60. The molecule has 2 rings (SSSR count). The first-order chi connectivity index (χ1) is 10.1. The first-order valence-corrected chi connectivity index (χ1v) is 6.44. The number of carbonyl (C=O) groups is 1. The van der Waals surface area contributed by atoms with Crippen LogP contribution in [0.4, 0.5) is 5.69 Å². The molecule has 21 heavy (non-hydrogen) atoms. The Morgan fingerprint density at radius 1 is 1.14 bits per heavy atom. The Kier molecular flexibility index (Phi) is 4.60. The molecule has 0 aliphatic carbocycles. The van der Waals surface area contributed by atoms with Crippen LogP contribution in [0, 0.1) is 11.3 Å². The second-order valence-electron chi connectivity index (χ2n) is 4.22. The molecule has 0 bridgehead atoms. The number of hydrogen-bond donors (Lipinski definition) is 2. The summed E-state index contributed by atoms with van der Waals surface area (Å²) in [4.78, 5) is 12.0. The van der Waals surface area contributed by atoms with Crippen molar-refractivity contribution in [3.63, 3.8) is 0 Å². The topological polar surface area (TPSA) is 73.1 Å². The third-order valence-electron chi connectivity index (χ3n) is 2.67. The van der Waals surface area contributed by atoms with Gasteiger partial charge in [-0.25, -0.2) is 0 Å². The van der Waals surface area contributed by atoms with Crippen LogP contribution in [0.3, 0.4) is 0 Å². The van der Waals surface area contributed by atoms with E-state index >= 15 is 0 Å². The highest BCUT2D eigenvalue weighted by Gasteiger charge is 2.09. The Bertz CT molecular complexity index is 713. The van der Waals surface area contributed by atoms with Crippen LogP contribution in [-0.4, -0.2) is 11.0 Å². The van der Waals surface area contributed by atoms with Gasteiger partial charge in [-0.05, 0) is 48.0 Å². The molecular formula is C16H11ClN2O2. The highest BCUT2D eigenvalue weighted by molar-refractivity contribution is 6.30. The lowest BCUT2D eigenvalue weighted by molar-refractivity contribution is -0.112. The first kappa shape index (κ1) is 14.6. The van der Waals surface area contributed by atoms with Crippen LogP contribution in [0.1, 0.15) is 5.56 Å². The fraction of sp³-hybridized carbons (Fsp3) is 0. The van der Waals surface area contributed by atoms with E-state index < -0.39 is 5.91 Å². The second-order valence-corrected chi connectivity index (χ2v) is 4.66. The lowest BCUT2D eigenvalue weighted by Crippen LogP contribution is -2.13. The maximum absolute atomic E-state index is 12.0. The van der Waals surface area contributed by atoms with Crippen molar-refractivity contribution in [1.82, 2.24) is 0 Å². The molecule has 0 aliphatic heterocycles. The van der Waals surface area contributed by atoms with Gasteiger partial charge in [0.05, 0.1) is 0 Å². The highest BCUT2D eigenvalue weighted by Crippen LogP contribution is 2.16. The zero-order chi connectivity index (χ0) is 15.2. The highest BCUT2D eigenvalue weighted by atomic mass is 35.5. The van der Waals surface area contributed by atoms with Crippen LogP contribution < -0.4 is 5.32 Å². The van der Waals surface area contributed by atoms with Gasteiger partial charge in [-0.2, -0.15) is 5.26 Å². The van der Waals surface area contributed by atoms with Gasteiger partial charge in [-0.3, -0.25) is 4.79 Å². The maximum Gasteiger partial charge on any atom is 0.266 e. The summed E-state index contributed by atoms with van der Waals surface area (Å²) in [6.45, 7) is 0.